The number of hydrogen-bond donors (Lipinski definition) is 0. The minimum absolute atomic E-state index is 0.0333. The zero-order valence-corrected chi connectivity index (χ0v) is 36.9. The number of quaternary nitrogens is 1. The average Bonchev–Trinajstić information content (AvgIpc) is 3.12. The van der Waals surface area contributed by atoms with Crippen LogP contribution in [0.25, 0.3) is 0 Å². The van der Waals surface area contributed by atoms with E-state index in [1.807, 2.05) is 21.1 Å². The fourth-order valence-electron chi connectivity index (χ4n) is 6.04. The van der Waals surface area contributed by atoms with Crippen LogP contribution in [0, 0.1) is 5.92 Å². The molecule has 0 amide bonds. The fourth-order valence-corrected chi connectivity index (χ4v) is 6.81. The van der Waals surface area contributed by atoms with Gasteiger partial charge in [0.1, 0.15) is 13.2 Å². The van der Waals surface area contributed by atoms with Gasteiger partial charge in [-0.15, -0.1) is 0 Å². The van der Waals surface area contributed by atoms with Gasteiger partial charge >= 0.3 is 5.97 Å². The minimum Gasteiger partial charge on any atom is -0.756 e. The van der Waals surface area contributed by atoms with Crippen molar-refractivity contribution in [2.24, 2.45) is 5.92 Å². The Bertz CT molecular complexity index is 1000. The molecular weight excluding hydrogens is 693 g/mol. The second kappa shape index (κ2) is 38.4. The largest absolute Gasteiger partial charge is 0.756 e. The smallest absolute Gasteiger partial charge is 0.305 e. The molecule has 0 aromatic rings. The van der Waals surface area contributed by atoms with Gasteiger partial charge < -0.3 is 23.2 Å². The Morgan fingerprint density at radius 1 is 0.574 bits per heavy atom. The Balaban J connectivity index is 4.32. The number of unbranched alkanes of at least 4 members (excludes halogenated alkanes) is 19. The third kappa shape index (κ3) is 41.7. The van der Waals surface area contributed by atoms with Gasteiger partial charge in [0.2, 0.25) is 0 Å². The number of hydrogen-bond acceptors (Lipinski definition) is 6. The lowest BCUT2D eigenvalue weighted by atomic mass is 10.0. The van der Waals surface area contributed by atoms with E-state index in [-0.39, 0.29) is 31.7 Å². The first-order valence-corrected chi connectivity index (χ1v) is 23.7. The molecule has 7 nitrogen and oxygen atoms in total. The first-order valence-electron chi connectivity index (χ1n) is 22.3. The summed E-state index contributed by atoms with van der Waals surface area (Å²) in [5, 5.41) is 0. The molecule has 0 saturated heterocycles. The van der Waals surface area contributed by atoms with E-state index in [1.54, 1.807) is 0 Å². The van der Waals surface area contributed by atoms with Crippen molar-refractivity contribution in [3.63, 3.8) is 0 Å². The van der Waals surface area contributed by atoms with Crippen molar-refractivity contribution in [1.82, 2.24) is 0 Å². The van der Waals surface area contributed by atoms with Crippen LogP contribution in [0.2, 0.25) is 0 Å². The van der Waals surface area contributed by atoms with E-state index in [9.17, 15) is 14.3 Å². The van der Waals surface area contributed by atoms with Crippen molar-refractivity contribution in [1.29, 1.82) is 0 Å². The van der Waals surface area contributed by atoms with Crippen LogP contribution in [-0.2, 0) is 23.1 Å². The van der Waals surface area contributed by atoms with E-state index >= 15 is 0 Å². The summed E-state index contributed by atoms with van der Waals surface area (Å²) in [5.41, 5.74) is 0. The molecule has 0 aliphatic carbocycles. The second-order valence-corrected chi connectivity index (χ2v) is 17.6. The summed E-state index contributed by atoms with van der Waals surface area (Å²) < 4.78 is 29.0. The van der Waals surface area contributed by atoms with Gasteiger partial charge in [-0.25, -0.2) is 0 Å². The number of esters is 1. The second-order valence-electron chi connectivity index (χ2n) is 16.2. The van der Waals surface area contributed by atoms with Gasteiger partial charge in [-0.1, -0.05) is 178 Å². The van der Waals surface area contributed by atoms with Crippen LogP contribution in [0.4, 0.5) is 0 Å². The molecule has 316 valence electrons. The predicted molar refractivity (Wildman–Crippen MR) is 229 cm³/mol. The number of carbonyl (C=O) groups excluding carboxylic acids is 1. The molecule has 0 aromatic heterocycles. The lowest BCUT2D eigenvalue weighted by Crippen LogP contribution is -2.37. The molecular formula is C46H86NO6P. The molecule has 0 N–H and O–H groups in total. The molecule has 0 spiro atoms. The van der Waals surface area contributed by atoms with Crippen LogP contribution in [0.5, 0.6) is 0 Å². The summed E-state index contributed by atoms with van der Waals surface area (Å²) in [4.78, 5) is 25.0. The lowest BCUT2D eigenvalue weighted by Gasteiger charge is -2.28. The first-order chi connectivity index (χ1) is 26.1. The van der Waals surface area contributed by atoms with Crippen LogP contribution in [0.1, 0.15) is 187 Å². The van der Waals surface area contributed by atoms with Gasteiger partial charge in [0.05, 0.1) is 34.4 Å². The van der Waals surface area contributed by atoms with Crippen molar-refractivity contribution in [2.75, 3.05) is 47.5 Å². The maximum atomic E-state index is 12.5. The highest BCUT2D eigenvalue weighted by atomic mass is 31.2. The predicted octanol–water partition coefficient (Wildman–Crippen LogP) is 13.2. The highest BCUT2D eigenvalue weighted by molar-refractivity contribution is 7.45. The van der Waals surface area contributed by atoms with Crippen molar-refractivity contribution < 1.29 is 32.5 Å². The van der Waals surface area contributed by atoms with Crippen molar-refractivity contribution in [3.05, 3.63) is 48.6 Å². The molecule has 0 fully saturated rings. The molecule has 0 bridgehead atoms. The Morgan fingerprint density at radius 3 is 1.52 bits per heavy atom. The zero-order chi connectivity index (χ0) is 39.9. The van der Waals surface area contributed by atoms with Crippen molar-refractivity contribution in [2.45, 2.75) is 187 Å². The third-order valence-corrected chi connectivity index (χ3v) is 10.6. The van der Waals surface area contributed by atoms with E-state index in [2.05, 4.69) is 62.5 Å². The normalized spacial score (nSPS) is 14.3. The summed E-state index contributed by atoms with van der Waals surface area (Å²) in [6, 6.07) is 0. The number of nitrogens with zero attached hydrogens (tertiary/aromatic N) is 1. The molecule has 2 unspecified atom stereocenters. The van der Waals surface area contributed by atoms with Gasteiger partial charge in [0.15, 0.2) is 0 Å². The standard InChI is InChI=1S/C46H86NO6P/c1-6-8-10-12-14-16-18-20-22-23-24-26-27-29-31-33-35-37-39-45(44-53-54(49,50)52-42-41-47(3,4)5)43-51-46(48)40-38-36-34-32-30-28-25-21-19-17-15-13-11-9-7-2/h12,14,18,20,23-24,27,29,45H,6-11,13,15-17,19,21-22,25-26,28,30-44H2,1-5H3/b14-12-,20-18-,24-23-,29-27-. The third-order valence-electron chi connectivity index (χ3n) is 9.64. The van der Waals surface area contributed by atoms with Gasteiger partial charge in [-0.3, -0.25) is 9.36 Å². The van der Waals surface area contributed by atoms with Crippen molar-refractivity contribution in [3.8, 4) is 0 Å². The molecule has 8 heteroatoms. The molecule has 54 heavy (non-hydrogen) atoms. The van der Waals surface area contributed by atoms with E-state index in [1.165, 1.54) is 96.3 Å². The van der Waals surface area contributed by atoms with E-state index < -0.39 is 7.82 Å². The lowest BCUT2D eigenvalue weighted by molar-refractivity contribution is -0.870. The van der Waals surface area contributed by atoms with Gasteiger partial charge in [0.25, 0.3) is 7.82 Å². The number of carbonyl (C=O) groups is 1. The molecule has 0 radical (unpaired) electrons. The molecule has 0 aliphatic rings. The molecule has 0 rings (SSSR count). The Kier molecular flexibility index (Phi) is 37.3. The highest BCUT2D eigenvalue weighted by Crippen LogP contribution is 2.39. The van der Waals surface area contributed by atoms with E-state index in [0.717, 1.165) is 70.6 Å². The average molecular weight is 780 g/mol. The number of allylic oxidation sites excluding steroid dienone is 8. The Morgan fingerprint density at radius 2 is 1.02 bits per heavy atom. The van der Waals surface area contributed by atoms with E-state index in [4.69, 9.17) is 13.8 Å². The number of phosphoric ester groups is 1. The van der Waals surface area contributed by atoms with E-state index in [0.29, 0.717) is 17.4 Å². The van der Waals surface area contributed by atoms with Crippen LogP contribution in [-0.4, -0.2) is 58.0 Å². The minimum atomic E-state index is -4.43. The quantitative estimate of drug-likeness (QED) is 0.0202. The zero-order valence-electron chi connectivity index (χ0n) is 36.0. The molecule has 0 heterocycles. The summed E-state index contributed by atoms with van der Waals surface area (Å²) in [6.07, 6.45) is 49.0. The SMILES string of the molecule is CCCC/C=C\C/C=C\C/C=C\C/C=C\CCCCCC(COC(=O)CCCCCCCCCCCCCCCCC)COP(=O)([O-])OCC[N+](C)(C)C. The van der Waals surface area contributed by atoms with Gasteiger partial charge in [-0.05, 0) is 51.4 Å². The molecule has 0 saturated carbocycles. The summed E-state index contributed by atoms with van der Waals surface area (Å²) >= 11 is 0. The number of phosphoric acid groups is 1. The summed E-state index contributed by atoms with van der Waals surface area (Å²) in [5.74, 6) is -0.393. The summed E-state index contributed by atoms with van der Waals surface area (Å²) in [7, 11) is 1.51. The van der Waals surface area contributed by atoms with Crippen LogP contribution in [0.3, 0.4) is 0 Å². The van der Waals surface area contributed by atoms with Crippen LogP contribution < -0.4 is 4.89 Å². The maximum Gasteiger partial charge on any atom is 0.305 e. The fraction of sp³-hybridized carbons (Fsp3) is 0.804. The number of rotatable bonds is 40. The molecule has 0 aliphatic heterocycles. The van der Waals surface area contributed by atoms with Gasteiger partial charge in [-0.2, -0.15) is 0 Å². The maximum absolute atomic E-state index is 12.5. The molecule has 0 aromatic carbocycles. The summed E-state index contributed by atoms with van der Waals surface area (Å²) in [6.45, 7) is 5.25. The number of ether oxygens (including phenoxy) is 1. The van der Waals surface area contributed by atoms with Crippen LogP contribution in [0.15, 0.2) is 48.6 Å². The molecule has 2 atom stereocenters. The number of likely N-dealkylation sites (N-methyl/N-ethyl adjacent to an activating group) is 1. The van der Waals surface area contributed by atoms with Crippen molar-refractivity contribution >= 4 is 13.8 Å². The van der Waals surface area contributed by atoms with Crippen LogP contribution >= 0.6 is 7.82 Å². The highest BCUT2D eigenvalue weighted by Gasteiger charge is 2.18. The van der Waals surface area contributed by atoms with Gasteiger partial charge in [0, 0.05) is 12.3 Å². The topological polar surface area (TPSA) is 84.9 Å². The monoisotopic (exact) mass is 780 g/mol. The Hall–Kier alpha value is -1.50. The Labute approximate surface area is 334 Å². The first kappa shape index (κ1) is 52.5.